The SMILES string of the molecule is CCOc1ccc(NC(=O)CCC(C)N)cc1S(=O)(=O)N(C)C. The smallest absolute Gasteiger partial charge is 0.246 e. The summed E-state index contributed by atoms with van der Waals surface area (Å²) in [6, 6.07) is 4.50. The van der Waals surface area contributed by atoms with Crippen LogP contribution in [0.25, 0.3) is 0 Å². The number of hydrogen-bond donors (Lipinski definition) is 2. The van der Waals surface area contributed by atoms with Crippen LogP contribution in [-0.4, -0.2) is 45.4 Å². The Bertz CT molecular complexity index is 642. The first-order chi connectivity index (χ1) is 10.7. The number of nitrogens with zero attached hydrogens (tertiary/aromatic N) is 1. The molecule has 23 heavy (non-hydrogen) atoms. The zero-order chi connectivity index (χ0) is 17.6. The second-order valence-corrected chi connectivity index (χ2v) is 7.57. The number of nitrogens with one attached hydrogen (secondary N) is 1. The van der Waals surface area contributed by atoms with Crippen molar-refractivity contribution in [2.24, 2.45) is 5.73 Å². The number of hydrogen-bond acceptors (Lipinski definition) is 5. The molecule has 130 valence electrons. The number of anilines is 1. The highest BCUT2D eigenvalue weighted by molar-refractivity contribution is 7.89. The van der Waals surface area contributed by atoms with Gasteiger partial charge in [-0.1, -0.05) is 0 Å². The normalized spacial score (nSPS) is 13.0. The number of carbonyl (C=O) groups excluding carboxylic acids is 1. The molecular formula is C15H25N3O4S. The van der Waals surface area contributed by atoms with E-state index in [4.69, 9.17) is 10.5 Å². The van der Waals surface area contributed by atoms with E-state index < -0.39 is 10.0 Å². The van der Waals surface area contributed by atoms with Crippen LogP contribution in [0.4, 0.5) is 5.69 Å². The summed E-state index contributed by atoms with van der Waals surface area (Å²) in [6.45, 7) is 3.94. The van der Waals surface area contributed by atoms with E-state index in [1.165, 1.54) is 20.2 Å². The number of nitrogens with two attached hydrogens (primary N) is 1. The van der Waals surface area contributed by atoms with E-state index in [0.29, 0.717) is 18.7 Å². The number of benzene rings is 1. The Morgan fingerprint density at radius 2 is 2.04 bits per heavy atom. The van der Waals surface area contributed by atoms with Crippen LogP contribution >= 0.6 is 0 Å². The molecule has 0 spiro atoms. The van der Waals surface area contributed by atoms with Crippen molar-refractivity contribution in [2.75, 3.05) is 26.0 Å². The van der Waals surface area contributed by atoms with Crippen molar-refractivity contribution in [1.82, 2.24) is 4.31 Å². The summed E-state index contributed by atoms with van der Waals surface area (Å²) in [5, 5.41) is 2.69. The summed E-state index contributed by atoms with van der Waals surface area (Å²) in [5.41, 5.74) is 6.03. The van der Waals surface area contributed by atoms with Crippen LogP contribution in [0.1, 0.15) is 26.7 Å². The van der Waals surface area contributed by atoms with E-state index in [-0.39, 0.29) is 29.0 Å². The van der Waals surface area contributed by atoms with Gasteiger partial charge >= 0.3 is 0 Å². The van der Waals surface area contributed by atoms with Crippen LogP contribution in [0.2, 0.25) is 0 Å². The number of rotatable bonds is 8. The zero-order valence-corrected chi connectivity index (χ0v) is 14.8. The molecule has 0 aliphatic rings. The van der Waals surface area contributed by atoms with Crippen LogP contribution in [0.15, 0.2) is 23.1 Å². The van der Waals surface area contributed by atoms with Crippen LogP contribution in [-0.2, 0) is 14.8 Å². The predicted molar refractivity (Wildman–Crippen MR) is 90.0 cm³/mol. The molecule has 0 saturated heterocycles. The van der Waals surface area contributed by atoms with Gasteiger partial charge in [-0.25, -0.2) is 12.7 Å². The van der Waals surface area contributed by atoms with Crippen molar-refractivity contribution in [3.05, 3.63) is 18.2 Å². The molecule has 0 bridgehead atoms. The third-order valence-electron chi connectivity index (χ3n) is 3.11. The van der Waals surface area contributed by atoms with Gasteiger partial charge in [-0.2, -0.15) is 0 Å². The monoisotopic (exact) mass is 343 g/mol. The van der Waals surface area contributed by atoms with Gasteiger partial charge in [-0.3, -0.25) is 4.79 Å². The fourth-order valence-electron chi connectivity index (χ4n) is 1.84. The van der Waals surface area contributed by atoms with E-state index in [2.05, 4.69) is 5.32 Å². The summed E-state index contributed by atoms with van der Waals surface area (Å²) in [6.07, 6.45) is 0.840. The molecule has 1 atom stereocenters. The minimum Gasteiger partial charge on any atom is -0.492 e. The summed E-state index contributed by atoms with van der Waals surface area (Å²) >= 11 is 0. The molecule has 0 fully saturated rings. The molecule has 1 amide bonds. The molecule has 0 aliphatic carbocycles. The first-order valence-corrected chi connectivity index (χ1v) is 8.87. The summed E-state index contributed by atoms with van der Waals surface area (Å²) in [4.78, 5) is 11.9. The first-order valence-electron chi connectivity index (χ1n) is 7.43. The van der Waals surface area contributed by atoms with E-state index in [0.717, 1.165) is 4.31 Å². The molecule has 1 aromatic rings. The molecule has 0 aliphatic heterocycles. The van der Waals surface area contributed by atoms with Crippen molar-refractivity contribution in [3.8, 4) is 5.75 Å². The van der Waals surface area contributed by atoms with Gasteiger partial charge in [0.1, 0.15) is 10.6 Å². The Morgan fingerprint density at radius 3 is 2.57 bits per heavy atom. The topological polar surface area (TPSA) is 102 Å². The average Bonchev–Trinajstić information content (AvgIpc) is 2.46. The second-order valence-electron chi connectivity index (χ2n) is 5.45. The third kappa shape index (κ3) is 5.49. The van der Waals surface area contributed by atoms with Crippen molar-refractivity contribution < 1.29 is 17.9 Å². The molecule has 1 aromatic carbocycles. The Kier molecular flexibility index (Phi) is 6.99. The molecule has 1 rings (SSSR count). The standard InChI is InChI=1S/C15H25N3O4S/c1-5-22-13-8-7-12(17-15(19)9-6-11(2)16)10-14(13)23(20,21)18(3)4/h7-8,10-11H,5-6,9,16H2,1-4H3,(H,17,19). The van der Waals surface area contributed by atoms with Crippen molar-refractivity contribution in [3.63, 3.8) is 0 Å². The van der Waals surface area contributed by atoms with Crippen LogP contribution in [0.5, 0.6) is 5.75 Å². The van der Waals surface area contributed by atoms with E-state index in [9.17, 15) is 13.2 Å². The molecule has 0 saturated carbocycles. The highest BCUT2D eigenvalue weighted by Crippen LogP contribution is 2.29. The lowest BCUT2D eigenvalue weighted by molar-refractivity contribution is -0.116. The average molecular weight is 343 g/mol. The molecule has 7 nitrogen and oxygen atoms in total. The maximum atomic E-state index is 12.4. The minimum absolute atomic E-state index is 0.0225. The van der Waals surface area contributed by atoms with Gasteiger partial charge in [0.25, 0.3) is 0 Å². The van der Waals surface area contributed by atoms with Gasteiger partial charge in [0.05, 0.1) is 6.61 Å². The Labute approximate surface area is 137 Å². The Morgan fingerprint density at radius 1 is 1.39 bits per heavy atom. The minimum atomic E-state index is -3.68. The van der Waals surface area contributed by atoms with Crippen molar-refractivity contribution >= 4 is 21.6 Å². The second kappa shape index (κ2) is 8.28. The van der Waals surface area contributed by atoms with Gasteiger partial charge in [0, 0.05) is 32.2 Å². The van der Waals surface area contributed by atoms with Gasteiger partial charge in [0.15, 0.2) is 0 Å². The quantitative estimate of drug-likeness (QED) is 0.743. The fourth-order valence-corrected chi connectivity index (χ4v) is 2.89. The maximum Gasteiger partial charge on any atom is 0.246 e. The molecule has 0 aromatic heterocycles. The largest absolute Gasteiger partial charge is 0.492 e. The van der Waals surface area contributed by atoms with E-state index >= 15 is 0 Å². The number of ether oxygens (including phenoxy) is 1. The van der Waals surface area contributed by atoms with Crippen molar-refractivity contribution in [2.45, 2.75) is 37.6 Å². The molecule has 3 N–H and O–H groups in total. The number of carbonyl (C=O) groups is 1. The molecular weight excluding hydrogens is 318 g/mol. The lowest BCUT2D eigenvalue weighted by Crippen LogP contribution is -2.23. The first kappa shape index (κ1) is 19.4. The van der Waals surface area contributed by atoms with Crippen LogP contribution < -0.4 is 15.8 Å². The van der Waals surface area contributed by atoms with Gasteiger partial charge in [0.2, 0.25) is 15.9 Å². The lowest BCUT2D eigenvalue weighted by atomic mass is 10.2. The summed E-state index contributed by atoms with van der Waals surface area (Å²) in [5.74, 6) is 0.0504. The van der Waals surface area contributed by atoms with E-state index in [1.807, 2.05) is 6.92 Å². The van der Waals surface area contributed by atoms with Crippen LogP contribution in [0.3, 0.4) is 0 Å². The van der Waals surface area contributed by atoms with Crippen molar-refractivity contribution in [1.29, 1.82) is 0 Å². The third-order valence-corrected chi connectivity index (χ3v) is 4.95. The van der Waals surface area contributed by atoms with E-state index in [1.54, 1.807) is 19.1 Å². The predicted octanol–water partition coefficient (Wildman–Crippen LogP) is 1.40. The highest BCUT2D eigenvalue weighted by Gasteiger charge is 2.23. The van der Waals surface area contributed by atoms with Crippen LogP contribution in [0, 0.1) is 0 Å². The Hall–Kier alpha value is -1.64. The summed E-state index contributed by atoms with van der Waals surface area (Å²) < 4.78 is 31.3. The van der Waals surface area contributed by atoms with Gasteiger partial charge < -0.3 is 15.8 Å². The molecule has 1 unspecified atom stereocenters. The fraction of sp³-hybridized carbons (Fsp3) is 0.533. The van der Waals surface area contributed by atoms with Gasteiger partial charge in [-0.15, -0.1) is 0 Å². The number of sulfonamides is 1. The molecule has 0 radical (unpaired) electrons. The zero-order valence-electron chi connectivity index (χ0n) is 14.0. The number of amides is 1. The maximum absolute atomic E-state index is 12.4. The summed E-state index contributed by atoms with van der Waals surface area (Å²) in [7, 11) is -0.790. The molecule has 8 heteroatoms. The van der Waals surface area contributed by atoms with Gasteiger partial charge in [-0.05, 0) is 38.5 Å². The highest BCUT2D eigenvalue weighted by atomic mass is 32.2. The lowest BCUT2D eigenvalue weighted by Gasteiger charge is -2.16. The Balaban J connectivity index is 3.07. The molecule has 0 heterocycles.